The van der Waals surface area contributed by atoms with Crippen molar-refractivity contribution < 1.29 is 43.4 Å². The molecule has 0 spiro atoms. The molecule has 1 aromatic heterocycles. The highest BCUT2D eigenvalue weighted by Crippen LogP contribution is 2.43. The number of anilines is 1. The van der Waals surface area contributed by atoms with Crippen LogP contribution in [0.3, 0.4) is 0 Å². The number of primary amides is 1. The molecule has 0 saturated carbocycles. The van der Waals surface area contributed by atoms with Crippen LogP contribution in [0.1, 0.15) is 43.9 Å². The van der Waals surface area contributed by atoms with Crippen LogP contribution >= 0.6 is 11.8 Å². The number of aromatic nitrogens is 1. The highest BCUT2D eigenvalue weighted by molar-refractivity contribution is 8.00. The summed E-state index contributed by atoms with van der Waals surface area (Å²) >= 11 is 1.19. The lowest BCUT2D eigenvalue weighted by atomic mass is 9.98. The number of ether oxygens (including phenoxy) is 1. The van der Waals surface area contributed by atoms with Crippen LogP contribution in [-0.4, -0.2) is 91.2 Å². The average Bonchev–Trinajstić information content (AvgIpc) is 3.15. The molecule has 2 aliphatic rings. The van der Waals surface area contributed by atoms with Crippen molar-refractivity contribution in [3.8, 4) is 11.3 Å². The number of carboxylic acid groups (broad SMARTS) is 1. The molecule has 1 fully saturated rings. The van der Waals surface area contributed by atoms with E-state index in [1.54, 1.807) is 48.5 Å². The van der Waals surface area contributed by atoms with Gasteiger partial charge in [-0.2, -0.15) is 0 Å². The van der Waals surface area contributed by atoms with Crippen LogP contribution in [0.25, 0.3) is 11.3 Å². The van der Waals surface area contributed by atoms with Gasteiger partial charge in [0.2, 0.25) is 17.7 Å². The number of hydrogen-bond acceptors (Lipinski definition) is 12. The molecule has 288 valence electrons. The number of imide groups is 1. The number of carbonyl (C=O) groups excluding carboxylic acids is 6. The molecular weight excluding hydrogens is 735 g/mol. The number of pyridine rings is 1. The first-order chi connectivity index (χ1) is 26.1. The lowest BCUT2D eigenvalue weighted by Crippen LogP contribution is -2.71. The van der Waals surface area contributed by atoms with E-state index in [2.05, 4.69) is 4.98 Å². The van der Waals surface area contributed by atoms with Gasteiger partial charge in [-0.05, 0) is 41.8 Å². The van der Waals surface area contributed by atoms with Gasteiger partial charge in [-0.3, -0.25) is 38.5 Å². The minimum atomic E-state index is -1.40. The quantitative estimate of drug-likeness (QED) is 0.112. The molecule has 55 heavy (non-hydrogen) atoms. The van der Waals surface area contributed by atoms with E-state index in [1.807, 2.05) is 0 Å². The van der Waals surface area contributed by atoms with E-state index in [1.165, 1.54) is 48.7 Å². The molecule has 2 unspecified atom stereocenters. The minimum absolute atomic E-state index is 0.0451. The van der Waals surface area contributed by atoms with Gasteiger partial charge in [0.15, 0.2) is 0 Å². The maximum atomic E-state index is 14.1. The number of amides is 5. The Bertz CT molecular complexity index is 2120. The van der Waals surface area contributed by atoms with Gasteiger partial charge in [0.1, 0.15) is 29.8 Å². The summed E-state index contributed by atoms with van der Waals surface area (Å²) in [5, 5.41) is 9.20. The second kappa shape index (κ2) is 16.9. The molecule has 3 aromatic rings. The summed E-state index contributed by atoms with van der Waals surface area (Å²) in [5.74, 6) is -5.26. The first kappa shape index (κ1) is 40.1. The molecule has 0 radical (unpaired) electrons. The summed E-state index contributed by atoms with van der Waals surface area (Å²) in [6, 6.07) is 14.0. The van der Waals surface area contributed by atoms with Crippen LogP contribution in [0.5, 0.6) is 0 Å². The van der Waals surface area contributed by atoms with Gasteiger partial charge in [-0.25, -0.2) is 9.69 Å². The van der Waals surface area contributed by atoms with Crippen LogP contribution in [-0.2, 0) is 44.8 Å². The number of nitrogens with zero attached hydrogens (tertiary/aromatic N) is 3. The van der Waals surface area contributed by atoms with Crippen LogP contribution in [0.15, 0.2) is 82.8 Å². The fourth-order valence-corrected chi connectivity index (χ4v) is 7.63. The summed E-state index contributed by atoms with van der Waals surface area (Å²) in [6.07, 6.45) is -0.180. The Hall–Kier alpha value is -6.11. The number of benzene rings is 2. The normalized spacial score (nSPS) is 17.3. The molecule has 3 heterocycles. The van der Waals surface area contributed by atoms with Crippen molar-refractivity contribution in [1.29, 1.82) is 0 Å². The topological polar surface area (TPSA) is 270 Å². The molecule has 0 aliphatic carbocycles. The number of hydrogen-bond donors (Lipinski definition) is 5. The first-order valence-corrected chi connectivity index (χ1v) is 18.0. The number of carboxylic acids is 1. The fraction of sp³-hybridized carbons (Fsp3) is 0.297. The Morgan fingerprint density at radius 2 is 1.64 bits per heavy atom. The van der Waals surface area contributed by atoms with Gasteiger partial charge in [-0.15, -0.1) is 11.8 Å². The highest BCUT2D eigenvalue weighted by Gasteiger charge is 2.57. The second-order valence-electron chi connectivity index (χ2n) is 12.8. The summed E-state index contributed by atoms with van der Waals surface area (Å²) < 4.78 is 5.01. The van der Waals surface area contributed by atoms with E-state index in [9.17, 15) is 43.5 Å². The smallest absolute Gasteiger partial charge is 0.352 e. The molecule has 5 amide bonds. The van der Waals surface area contributed by atoms with Crippen molar-refractivity contribution >= 4 is 58.9 Å². The molecule has 5 rings (SSSR count). The summed E-state index contributed by atoms with van der Waals surface area (Å²) in [6.45, 7) is 1.69. The van der Waals surface area contributed by atoms with E-state index >= 15 is 0 Å². The van der Waals surface area contributed by atoms with Crippen molar-refractivity contribution in [3.63, 3.8) is 0 Å². The molecule has 4 atom stereocenters. The Kier molecular flexibility index (Phi) is 12.3. The zero-order valence-electron chi connectivity index (χ0n) is 29.8. The van der Waals surface area contributed by atoms with Gasteiger partial charge in [-0.1, -0.05) is 42.5 Å². The predicted molar refractivity (Wildman–Crippen MR) is 199 cm³/mol. The number of nitrogens with one attached hydrogen (secondary N) is 1. The summed E-state index contributed by atoms with van der Waals surface area (Å²) in [5.41, 5.74) is 18.4. The largest absolute Gasteiger partial charge is 0.477 e. The maximum absolute atomic E-state index is 14.1. The Morgan fingerprint density at radius 1 is 0.964 bits per heavy atom. The van der Waals surface area contributed by atoms with E-state index in [0.29, 0.717) is 16.8 Å². The lowest BCUT2D eigenvalue weighted by Gasteiger charge is -2.53. The number of rotatable bonds is 14. The maximum Gasteiger partial charge on any atom is 0.352 e. The number of nitrogens with two attached hydrogens (primary N) is 3. The van der Waals surface area contributed by atoms with Gasteiger partial charge in [0.05, 0.1) is 18.3 Å². The Labute approximate surface area is 318 Å². The second-order valence-corrected chi connectivity index (χ2v) is 13.9. The van der Waals surface area contributed by atoms with Crippen molar-refractivity contribution in [3.05, 3.63) is 99.5 Å². The zero-order chi connectivity index (χ0) is 40.1. The molecule has 1 saturated heterocycles. The molecule has 17 nitrogen and oxygen atoms in total. The van der Waals surface area contributed by atoms with Gasteiger partial charge >= 0.3 is 11.9 Å². The number of aliphatic carboxylic acids is 1. The van der Waals surface area contributed by atoms with Crippen LogP contribution in [0.2, 0.25) is 0 Å². The van der Waals surface area contributed by atoms with E-state index in [-0.39, 0.29) is 54.3 Å². The summed E-state index contributed by atoms with van der Waals surface area (Å²) in [4.78, 5) is 108. The molecule has 0 bridgehead atoms. The third kappa shape index (κ3) is 8.66. The SMILES string of the molecule is CC(=O)OCC1=C(C(=O)O)N2C(=O)C(N(Cc3ccc(-c4ccc(N(C(C)=O)C(=O)[C@@H](N)CCC(N)=O)cc4)[nH]c3=O)C(=O)C(N)c3ccccc3)[C@@H]2SC1. The highest BCUT2D eigenvalue weighted by atomic mass is 32.2. The molecule has 2 aliphatic heterocycles. The standard InChI is InChI=1S/C37H39N7O10S/c1-19(45)43(33(49)26(38)13-15-28(39)47)25-11-8-21(9-12-25)27-14-10-23(32(48)41-27)16-42(34(50)29(40)22-6-4-3-5-7-22)31-35(51)44-30(37(52)53)24(17-54-20(2)46)18-55-36(31)44/h3-12,14,26,29,31,36H,13,15-18,38,40H2,1-2H3,(H2,39,47)(H,41,48)(H,52,53)/t26-,29?,31?,36-/m0/s1. The van der Waals surface area contributed by atoms with Crippen LogP contribution < -0.4 is 27.7 Å². The number of H-pyrrole nitrogens is 1. The van der Waals surface area contributed by atoms with Gasteiger partial charge in [0.25, 0.3) is 17.4 Å². The Morgan fingerprint density at radius 3 is 2.22 bits per heavy atom. The predicted octanol–water partition coefficient (Wildman–Crippen LogP) is 0.728. The number of β-lactam (4-membered cyclic amide) rings is 1. The summed E-state index contributed by atoms with van der Waals surface area (Å²) in [7, 11) is 0. The molecule has 2 aromatic carbocycles. The number of aromatic amines is 1. The van der Waals surface area contributed by atoms with Crippen molar-refractivity contribution in [2.45, 2.75) is 56.7 Å². The number of fused-ring (bicyclic) bond motifs is 1. The van der Waals surface area contributed by atoms with Gasteiger partial charge in [0, 0.05) is 42.9 Å². The van der Waals surface area contributed by atoms with Crippen molar-refractivity contribution in [1.82, 2.24) is 14.8 Å². The van der Waals surface area contributed by atoms with Crippen LogP contribution in [0, 0.1) is 0 Å². The van der Waals surface area contributed by atoms with E-state index < -0.39 is 70.5 Å². The fourth-order valence-electron chi connectivity index (χ4n) is 6.23. The van der Waals surface area contributed by atoms with E-state index in [4.69, 9.17) is 21.9 Å². The Balaban J connectivity index is 1.42. The number of thioether (sulfide) groups is 1. The molecule has 8 N–H and O–H groups in total. The van der Waals surface area contributed by atoms with Gasteiger partial charge < -0.3 is 36.9 Å². The zero-order valence-corrected chi connectivity index (χ0v) is 30.6. The lowest BCUT2D eigenvalue weighted by molar-refractivity contribution is -0.161. The van der Waals surface area contributed by atoms with Crippen molar-refractivity contribution in [2.75, 3.05) is 17.3 Å². The minimum Gasteiger partial charge on any atom is -0.477 e. The average molecular weight is 774 g/mol. The number of carbonyl (C=O) groups is 7. The number of esters is 1. The third-order valence-corrected chi connectivity index (χ3v) is 10.4. The van der Waals surface area contributed by atoms with Crippen LogP contribution in [0.4, 0.5) is 5.69 Å². The van der Waals surface area contributed by atoms with E-state index in [0.717, 1.165) is 9.80 Å². The molecular formula is C37H39N7O10S. The van der Waals surface area contributed by atoms with Crippen molar-refractivity contribution in [2.24, 2.45) is 17.2 Å². The first-order valence-electron chi connectivity index (χ1n) is 17.0. The third-order valence-electron chi connectivity index (χ3n) is 9.04. The monoisotopic (exact) mass is 773 g/mol. The molecule has 18 heteroatoms.